The Kier molecular flexibility index (Phi) is 3.26. The van der Waals surface area contributed by atoms with E-state index in [9.17, 15) is 4.79 Å². The highest BCUT2D eigenvalue weighted by molar-refractivity contribution is 5.79. The Labute approximate surface area is 130 Å². The van der Waals surface area contributed by atoms with Gasteiger partial charge in [-0.2, -0.15) is 0 Å². The Morgan fingerprint density at radius 3 is 2.86 bits per heavy atom. The summed E-state index contributed by atoms with van der Waals surface area (Å²) in [6.07, 6.45) is 7.24. The summed E-state index contributed by atoms with van der Waals surface area (Å²) in [5.74, 6) is 0. The smallest absolute Gasteiger partial charge is 0.325 e. The zero-order valence-electron chi connectivity index (χ0n) is 12.8. The van der Waals surface area contributed by atoms with Gasteiger partial charge in [-0.25, -0.2) is 4.79 Å². The van der Waals surface area contributed by atoms with Gasteiger partial charge in [0.05, 0.1) is 0 Å². The van der Waals surface area contributed by atoms with E-state index in [2.05, 4.69) is 29.7 Å². The van der Waals surface area contributed by atoms with E-state index in [4.69, 9.17) is 0 Å². The van der Waals surface area contributed by atoms with E-state index in [-0.39, 0.29) is 12.1 Å². The van der Waals surface area contributed by atoms with E-state index >= 15 is 0 Å². The third-order valence-corrected chi connectivity index (χ3v) is 4.99. The Morgan fingerprint density at radius 2 is 2.14 bits per heavy atom. The van der Waals surface area contributed by atoms with Crippen LogP contribution in [0.15, 0.2) is 42.7 Å². The number of benzene rings is 1. The van der Waals surface area contributed by atoms with Gasteiger partial charge in [0.2, 0.25) is 0 Å². The molecular weight excluding hydrogens is 274 g/mol. The predicted molar refractivity (Wildman–Crippen MR) is 86.9 cm³/mol. The molecule has 2 N–H and O–H groups in total. The molecule has 2 aliphatic rings. The molecule has 2 fully saturated rings. The molecule has 22 heavy (non-hydrogen) atoms. The standard InChI is InChI=1S/C18H21N3O/c1-12-4-2-3-5-15(12)13-8-9-21(11-13)18(22)20-17-10-14-6-7-16(17)19-14/h2-5,8-9,11,14,16-17,19H,6-7,10H2,1H3,(H,20,22)/t14-,16+,17-/m1/s1. The number of hydrogen-bond donors (Lipinski definition) is 2. The van der Waals surface area contributed by atoms with Gasteiger partial charge in [-0.3, -0.25) is 4.57 Å². The van der Waals surface area contributed by atoms with Gasteiger partial charge in [-0.1, -0.05) is 24.3 Å². The number of rotatable bonds is 2. The van der Waals surface area contributed by atoms with Gasteiger partial charge in [-0.05, 0) is 43.4 Å². The highest BCUT2D eigenvalue weighted by atomic mass is 16.2. The van der Waals surface area contributed by atoms with Crippen molar-refractivity contribution in [3.8, 4) is 11.1 Å². The molecule has 2 bridgehead atoms. The van der Waals surface area contributed by atoms with Gasteiger partial charge in [0, 0.05) is 36.1 Å². The van der Waals surface area contributed by atoms with Gasteiger partial charge < -0.3 is 10.6 Å². The monoisotopic (exact) mass is 295 g/mol. The van der Waals surface area contributed by atoms with Crippen LogP contribution in [-0.4, -0.2) is 28.7 Å². The van der Waals surface area contributed by atoms with Crippen LogP contribution in [0, 0.1) is 6.92 Å². The number of aromatic nitrogens is 1. The molecule has 1 aromatic heterocycles. The van der Waals surface area contributed by atoms with Gasteiger partial charge in [0.15, 0.2) is 0 Å². The first kappa shape index (κ1) is 13.6. The first-order valence-corrected chi connectivity index (χ1v) is 8.01. The molecule has 0 spiro atoms. The lowest BCUT2D eigenvalue weighted by atomic mass is 9.96. The number of hydrogen-bond acceptors (Lipinski definition) is 2. The van der Waals surface area contributed by atoms with E-state index in [1.54, 1.807) is 4.57 Å². The SMILES string of the molecule is Cc1ccccc1-c1ccn(C(=O)N[C@@H]2C[C@H]3CC[C@@H]2N3)c1. The van der Waals surface area contributed by atoms with Crippen LogP contribution in [0.5, 0.6) is 0 Å². The maximum absolute atomic E-state index is 12.4. The topological polar surface area (TPSA) is 46.1 Å². The van der Waals surface area contributed by atoms with E-state index < -0.39 is 0 Å². The molecule has 1 aromatic carbocycles. The zero-order valence-corrected chi connectivity index (χ0v) is 12.8. The van der Waals surface area contributed by atoms with Crippen LogP contribution in [0.25, 0.3) is 11.1 Å². The van der Waals surface area contributed by atoms with Crippen LogP contribution < -0.4 is 10.6 Å². The lowest BCUT2D eigenvalue weighted by Gasteiger charge is -2.21. The van der Waals surface area contributed by atoms with Crippen LogP contribution in [0.4, 0.5) is 4.79 Å². The highest BCUT2D eigenvalue weighted by Crippen LogP contribution is 2.28. The molecule has 0 aliphatic carbocycles. The summed E-state index contributed by atoms with van der Waals surface area (Å²) in [6, 6.07) is 11.5. The van der Waals surface area contributed by atoms with E-state index in [1.807, 2.05) is 30.6 Å². The summed E-state index contributed by atoms with van der Waals surface area (Å²) < 4.78 is 1.66. The van der Waals surface area contributed by atoms with Crippen molar-refractivity contribution in [2.75, 3.05) is 0 Å². The zero-order chi connectivity index (χ0) is 15.1. The summed E-state index contributed by atoms with van der Waals surface area (Å²) in [4.78, 5) is 12.4. The average Bonchev–Trinajstić information content (AvgIpc) is 3.24. The quantitative estimate of drug-likeness (QED) is 0.895. The van der Waals surface area contributed by atoms with Crippen molar-refractivity contribution in [2.24, 2.45) is 0 Å². The van der Waals surface area contributed by atoms with Gasteiger partial charge in [0.1, 0.15) is 0 Å². The average molecular weight is 295 g/mol. The van der Waals surface area contributed by atoms with Crippen LogP contribution in [-0.2, 0) is 0 Å². The van der Waals surface area contributed by atoms with Crippen molar-refractivity contribution in [3.63, 3.8) is 0 Å². The fourth-order valence-electron chi connectivity index (χ4n) is 3.80. The van der Waals surface area contributed by atoms with Crippen molar-refractivity contribution in [3.05, 3.63) is 48.3 Å². The minimum Gasteiger partial charge on any atom is -0.333 e. The molecule has 2 aliphatic heterocycles. The lowest BCUT2D eigenvalue weighted by Crippen LogP contribution is -2.44. The van der Waals surface area contributed by atoms with Gasteiger partial charge in [0.25, 0.3) is 0 Å². The summed E-state index contributed by atoms with van der Waals surface area (Å²) in [5.41, 5.74) is 3.48. The Bertz CT molecular complexity index is 706. The molecule has 3 atom stereocenters. The molecule has 114 valence electrons. The molecule has 0 unspecified atom stereocenters. The summed E-state index contributed by atoms with van der Waals surface area (Å²) in [5, 5.41) is 6.72. The molecule has 4 rings (SSSR count). The van der Waals surface area contributed by atoms with E-state index in [0.29, 0.717) is 12.1 Å². The minimum absolute atomic E-state index is 0.0285. The predicted octanol–water partition coefficient (Wildman–Crippen LogP) is 2.91. The minimum atomic E-state index is -0.0285. The van der Waals surface area contributed by atoms with Crippen LogP contribution >= 0.6 is 0 Å². The van der Waals surface area contributed by atoms with Crippen LogP contribution in [0.2, 0.25) is 0 Å². The van der Waals surface area contributed by atoms with Gasteiger partial charge in [-0.15, -0.1) is 0 Å². The third-order valence-electron chi connectivity index (χ3n) is 4.99. The second-order valence-electron chi connectivity index (χ2n) is 6.46. The summed E-state index contributed by atoms with van der Waals surface area (Å²) in [6.45, 7) is 2.09. The van der Waals surface area contributed by atoms with Crippen LogP contribution in [0.1, 0.15) is 24.8 Å². The number of amides is 1. The fourth-order valence-corrected chi connectivity index (χ4v) is 3.80. The number of aryl methyl sites for hydroxylation is 1. The highest BCUT2D eigenvalue weighted by Gasteiger charge is 2.39. The number of carbonyl (C=O) groups is 1. The molecule has 0 saturated carbocycles. The maximum Gasteiger partial charge on any atom is 0.325 e. The number of nitrogens with zero attached hydrogens (tertiary/aromatic N) is 1. The summed E-state index contributed by atoms with van der Waals surface area (Å²) in [7, 11) is 0. The number of nitrogens with one attached hydrogen (secondary N) is 2. The first-order valence-electron chi connectivity index (χ1n) is 8.01. The van der Waals surface area contributed by atoms with E-state index in [0.717, 1.165) is 12.0 Å². The fraction of sp³-hybridized carbons (Fsp3) is 0.389. The maximum atomic E-state index is 12.4. The largest absolute Gasteiger partial charge is 0.333 e. The molecule has 4 nitrogen and oxygen atoms in total. The molecule has 2 aromatic rings. The molecule has 3 heterocycles. The Balaban J connectivity index is 1.49. The summed E-state index contributed by atoms with van der Waals surface area (Å²) >= 11 is 0. The van der Waals surface area contributed by atoms with E-state index in [1.165, 1.54) is 24.0 Å². The first-order chi connectivity index (χ1) is 10.7. The number of fused-ring (bicyclic) bond motifs is 2. The number of carbonyl (C=O) groups excluding carboxylic acids is 1. The van der Waals surface area contributed by atoms with Crippen molar-refractivity contribution < 1.29 is 4.79 Å². The molecular formula is C18H21N3O. The molecule has 1 amide bonds. The molecule has 0 radical (unpaired) electrons. The van der Waals surface area contributed by atoms with Crippen molar-refractivity contribution in [1.29, 1.82) is 0 Å². The normalized spacial score (nSPS) is 26.3. The Morgan fingerprint density at radius 1 is 1.27 bits per heavy atom. The van der Waals surface area contributed by atoms with Gasteiger partial charge >= 0.3 is 6.03 Å². The molecule has 4 heteroatoms. The third kappa shape index (κ3) is 2.33. The second kappa shape index (κ2) is 5.29. The van der Waals surface area contributed by atoms with Crippen LogP contribution in [0.3, 0.4) is 0 Å². The van der Waals surface area contributed by atoms with Crippen molar-refractivity contribution in [2.45, 2.75) is 44.3 Å². The molecule has 2 saturated heterocycles. The van der Waals surface area contributed by atoms with Crippen molar-refractivity contribution in [1.82, 2.24) is 15.2 Å². The van der Waals surface area contributed by atoms with Crippen molar-refractivity contribution >= 4 is 6.03 Å². The Hall–Kier alpha value is -2.07. The lowest BCUT2D eigenvalue weighted by molar-refractivity contribution is 0.236. The second-order valence-corrected chi connectivity index (χ2v) is 6.46.